The number of carbonyl (C=O) groups is 1. The molecule has 0 unspecified atom stereocenters. The lowest BCUT2D eigenvalue weighted by atomic mass is 10.1. The fourth-order valence-electron chi connectivity index (χ4n) is 4.03. The number of ether oxygens (including phenoxy) is 2. The van der Waals surface area contributed by atoms with Crippen molar-refractivity contribution in [3.63, 3.8) is 0 Å². The number of piperazine rings is 1. The third kappa shape index (κ3) is 4.74. The predicted molar refractivity (Wildman–Crippen MR) is 128 cm³/mol. The second kappa shape index (κ2) is 10.2. The van der Waals surface area contributed by atoms with E-state index in [-0.39, 0.29) is 11.7 Å². The second-order valence-corrected chi connectivity index (χ2v) is 8.91. The lowest BCUT2D eigenvalue weighted by molar-refractivity contribution is 0.0610. The van der Waals surface area contributed by atoms with Crippen molar-refractivity contribution in [2.75, 3.05) is 40.4 Å². The van der Waals surface area contributed by atoms with Crippen LogP contribution in [0.2, 0.25) is 0 Å². The first-order valence-electron chi connectivity index (χ1n) is 10.8. The fraction of sp³-hybridized carbons (Fsp3) is 0.320. The van der Waals surface area contributed by atoms with E-state index in [0.717, 1.165) is 16.1 Å². The van der Waals surface area contributed by atoms with Gasteiger partial charge in [-0.05, 0) is 42.8 Å². The number of aryl methyl sites for hydroxylation is 1. The number of nitriles is 1. The molecule has 176 valence electrons. The van der Waals surface area contributed by atoms with Crippen LogP contribution in [0.25, 0.3) is 10.6 Å². The van der Waals surface area contributed by atoms with E-state index in [1.54, 1.807) is 31.3 Å². The Balaban J connectivity index is 1.46. The van der Waals surface area contributed by atoms with Crippen LogP contribution in [0.5, 0.6) is 11.5 Å². The highest BCUT2D eigenvalue weighted by molar-refractivity contribution is 7.17. The van der Waals surface area contributed by atoms with E-state index >= 15 is 0 Å². The number of aromatic nitrogens is 1. The predicted octanol–water partition coefficient (Wildman–Crippen LogP) is 4.30. The van der Waals surface area contributed by atoms with Gasteiger partial charge in [0, 0.05) is 31.7 Å². The molecule has 0 bridgehead atoms. The van der Waals surface area contributed by atoms with E-state index in [1.807, 2.05) is 30.0 Å². The van der Waals surface area contributed by atoms with Crippen LogP contribution in [-0.4, -0.2) is 61.1 Å². The van der Waals surface area contributed by atoms with Gasteiger partial charge in [-0.2, -0.15) is 5.26 Å². The molecule has 1 aliphatic rings. The molecule has 9 heteroatoms. The zero-order chi connectivity index (χ0) is 24.2. The van der Waals surface area contributed by atoms with Crippen molar-refractivity contribution in [3.8, 4) is 28.1 Å². The Hall–Kier alpha value is -3.48. The number of hydrogen-bond acceptors (Lipinski definition) is 7. The van der Waals surface area contributed by atoms with Gasteiger partial charge in [0.05, 0.1) is 26.0 Å². The molecular formula is C25H25FN4O3S. The van der Waals surface area contributed by atoms with Crippen LogP contribution < -0.4 is 9.47 Å². The summed E-state index contributed by atoms with van der Waals surface area (Å²) >= 11 is 1.36. The highest BCUT2D eigenvalue weighted by atomic mass is 32.1. The summed E-state index contributed by atoms with van der Waals surface area (Å²) in [5.41, 5.74) is 2.29. The van der Waals surface area contributed by atoms with Gasteiger partial charge in [-0.25, -0.2) is 9.37 Å². The van der Waals surface area contributed by atoms with E-state index in [2.05, 4.69) is 11.1 Å². The van der Waals surface area contributed by atoms with Crippen LogP contribution in [-0.2, 0) is 0 Å². The minimum Gasteiger partial charge on any atom is -0.493 e. The molecule has 1 aliphatic heterocycles. The molecule has 34 heavy (non-hydrogen) atoms. The van der Waals surface area contributed by atoms with Crippen LogP contribution in [0.1, 0.15) is 27.0 Å². The van der Waals surface area contributed by atoms with Gasteiger partial charge in [-0.15, -0.1) is 11.3 Å². The monoisotopic (exact) mass is 480 g/mol. The molecule has 1 aromatic heterocycles. The number of amides is 1. The second-order valence-electron chi connectivity index (χ2n) is 7.91. The summed E-state index contributed by atoms with van der Waals surface area (Å²) in [6, 6.07) is 13.4. The molecule has 1 amide bonds. The zero-order valence-corrected chi connectivity index (χ0v) is 20.1. The van der Waals surface area contributed by atoms with E-state index in [1.165, 1.54) is 23.5 Å². The first-order chi connectivity index (χ1) is 16.4. The van der Waals surface area contributed by atoms with Crippen molar-refractivity contribution in [1.29, 1.82) is 5.26 Å². The lowest BCUT2D eigenvalue weighted by Crippen LogP contribution is -2.49. The maximum atomic E-state index is 13.3. The standard InChI is InChI=1S/C25H25FN4O3S/c1-16-23(34-24(28-16)18-6-9-21(32-2)22(14-18)33-3)25(31)30-12-10-29(11-13-30)20(15-27)17-4-7-19(26)8-5-17/h4-9,14,20H,10-13H2,1-3H3/t20-/m0/s1. The average Bonchev–Trinajstić information content (AvgIpc) is 3.26. The molecule has 0 radical (unpaired) electrons. The third-order valence-electron chi connectivity index (χ3n) is 5.90. The summed E-state index contributed by atoms with van der Waals surface area (Å²) in [5.74, 6) is 0.843. The van der Waals surface area contributed by atoms with Crippen molar-refractivity contribution in [3.05, 3.63) is 64.4 Å². The third-order valence-corrected chi connectivity index (χ3v) is 7.09. The Morgan fingerprint density at radius 3 is 2.38 bits per heavy atom. The summed E-state index contributed by atoms with van der Waals surface area (Å²) in [4.78, 5) is 22.3. The minimum absolute atomic E-state index is 0.0586. The maximum Gasteiger partial charge on any atom is 0.265 e. The van der Waals surface area contributed by atoms with Crippen LogP contribution in [0, 0.1) is 24.1 Å². The molecule has 7 nitrogen and oxygen atoms in total. The van der Waals surface area contributed by atoms with Gasteiger partial charge in [0.1, 0.15) is 21.7 Å². The van der Waals surface area contributed by atoms with E-state index in [9.17, 15) is 14.4 Å². The molecule has 2 heterocycles. The fourth-order valence-corrected chi connectivity index (χ4v) is 5.06. The molecule has 1 atom stereocenters. The van der Waals surface area contributed by atoms with Crippen molar-refractivity contribution in [1.82, 2.24) is 14.8 Å². The van der Waals surface area contributed by atoms with Gasteiger partial charge in [-0.1, -0.05) is 12.1 Å². The molecular weight excluding hydrogens is 455 g/mol. The maximum absolute atomic E-state index is 13.3. The molecule has 4 rings (SSSR count). The Bertz CT molecular complexity index is 1210. The molecule has 0 saturated carbocycles. The molecule has 0 aliphatic carbocycles. The summed E-state index contributed by atoms with van der Waals surface area (Å²) in [6.45, 7) is 3.95. The number of hydrogen-bond donors (Lipinski definition) is 0. The van der Waals surface area contributed by atoms with Crippen LogP contribution >= 0.6 is 11.3 Å². The van der Waals surface area contributed by atoms with Crippen LogP contribution in [0.15, 0.2) is 42.5 Å². The molecule has 1 fully saturated rings. The zero-order valence-electron chi connectivity index (χ0n) is 19.2. The summed E-state index contributed by atoms with van der Waals surface area (Å²) in [5, 5.41) is 10.4. The summed E-state index contributed by atoms with van der Waals surface area (Å²) < 4.78 is 23.9. The highest BCUT2D eigenvalue weighted by Crippen LogP contribution is 2.35. The number of methoxy groups -OCH3 is 2. The largest absolute Gasteiger partial charge is 0.493 e. The van der Waals surface area contributed by atoms with Crippen LogP contribution in [0.3, 0.4) is 0 Å². The SMILES string of the molecule is COc1ccc(-c2nc(C)c(C(=O)N3CCN([C@@H](C#N)c4ccc(F)cc4)CC3)s2)cc1OC. The Kier molecular flexibility index (Phi) is 7.10. The minimum atomic E-state index is -0.473. The molecule has 2 aromatic carbocycles. The van der Waals surface area contributed by atoms with Gasteiger partial charge in [-0.3, -0.25) is 9.69 Å². The van der Waals surface area contributed by atoms with Gasteiger partial charge in [0.25, 0.3) is 5.91 Å². The molecule has 1 saturated heterocycles. The first kappa shape index (κ1) is 23.7. The quantitative estimate of drug-likeness (QED) is 0.524. The Morgan fingerprint density at radius 1 is 1.09 bits per heavy atom. The number of benzene rings is 2. The number of rotatable bonds is 6. The van der Waals surface area contributed by atoms with Gasteiger partial charge in [0.15, 0.2) is 11.5 Å². The number of carbonyl (C=O) groups excluding carboxylic acids is 1. The number of thiazole rings is 1. The van der Waals surface area contributed by atoms with Gasteiger partial charge in [0.2, 0.25) is 0 Å². The highest BCUT2D eigenvalue weighted by Gasteiger charge is 2.29. The summed E-state index contributed by atoms with van der Waals surface area (Å²) in [7, 11) is 3.16. The van der Waals surface area contributed by atoms with Crippen molar-refractivity contribution in [2.45, 2.75) is 13.0 Å². The Morgan fingerprint density at radius 2 is 1.76 bits per heavy atom. The van der Waals surface area contributed by atoms with Crippen molar-refractivity contribution in [2.24, 2.45) is 0 Å². The molecule has 0 spiro atoms. The molecule has 0 N–H and O–H groups in total. The normalized spacial score (nSPS) is 15.0. The van der Waals surface area contributed by atoms with Gasteiger partial charge >= 0.3 is 0 Å². The number of nitrogens with zero attached hydrogens (tertiary/aromatic N) is 4. The topological polar surface area (TPSA) is 78.7 Å². The smallest absolute Gasteiger partial charge is 0.265 e. The van der Waals surface area contributed by atoms with E-state index in [4.69, 9.17) is 9.47 Å². The van der Waals surface area contributed by atoms with Crippen molar-refractivity contribution < 1.29 is 18.7 Å². The first-order valence-corrected chi connectivity index (χ1v) is 11.6. The Labute approximate surface area is 202 Å². The van der Waals surface area contributed by atoms with Crippen molar-refractivity contribution >= 4 is 17.2 Å². The molecule has 3 aromatic rings. The average molecular weight is 481 g/mol. The van der Waals surface area contributed by atoms with E-state index < -0.39 is 6.04 Å². The van der Waals surface area contributed by atoms with Gasteiger partial charge < -0.3 is 14.4 Å². The lowest BCUT2D eigenvalue weighted by Gasteiger charge is -2.36. The van der Waals surface area contributed by atoms with Crippen LogP contribution in [0.4, 0.5) is 4.39 Å². The summed E-state index contributed by atoms with van der Waals surface area (Å²) in [6.07, 6.45) is 0. The van der Waals surface area contributed by atoms with E-state index in [0.29, 0.717) is 48.2 Å². The number of halogens is 1.